The lowest BCUT2D eigenvalue weighted by atomic mass is 10.1. The Kier molecular flexibility index (Phi) is 3.61. The Labute approximate surface area is 86.9 Å². The van der Waals surface area contributed by atoms with Crippen molar-refractivity contribution in [2.75, 3.05) is 0 Å². The van der Waals surface area contributed by atoms with Crippen LogP contribution >= 0.6 is 11.6 Å². The van der Waals surface area contributed by atoms with Crippen molar-refractivity contribution < 1.29 is 9.18 Å². The van der Waals surface area contributed by atoms with Crippen molar-refractivity contribution in [1.82, 2.24) is 0 Å². The van der Waals surface area contributed by atoms with E-state index in [0.29, 0.717) is 5.56 Å². The van der Waals surface area contributed by atoms with Gasteiger partial charge in [0.05, 0.1) is 11.1 Å². The highest BCUT2D eigenvalue weighted by Gasteiger charge is 2.12. The average Bonchev–Trinajstić information content (AvgIpc) is 2.12. The largest absolute Gasteiger partial charge is 0.322 e. The molecule has 0 bridgehead atoms. The summed E-state index contributed by atoms with van der Waals surface area (Å²) in [6.07, 6.45) is 0.0776. The Morgan fingerprint density at radius 2 is 2.29 bits per heavy atom. The maximum Gasteiger partial charge on any atom is 0.153 e. The topological polar surface area (TPSA) is 43.1 Å². The monoisotopic (exact) mass is 215 g/mol. The van der Waals surface area contributed by atoms with Crippen LogP contribution in [0.4, 0.5) is 4.39 Å². The molecule has 1 rings (SSSR count). The van der Waals surface area contributed by atoms with Gasteiger partial charge in [-0.05, 0) is 18.6 Å². The van der Waals surface area contributed by atoms with Crippen LogP contribution in [0.25, 0.3) is 0 Å². The number of ketones is 1. The molecule has 0 radical (unpaired) electrons. The number of benzene rings is 1. The summed E-state index contributed by atoms with van der Waals surface area (Å²) in [6.45, 7) is 1.59. The second kappa shape index (κ2) is 4.53. The van der Waals surface area contributed by atoms with Crippen molar-refractivity contribution >= 4 is 17.4 Å². The van der Waals surface area contributed by atoms with E-state index in [1.807, 2.05) is 0 Å². The Morgan fingerprint density at radius 1 is 1.64 bits per heavy atom. The average molecular weight is 216 g/mol. The quantitative estimate of drug-likeness (QED) is 0.838. The highest BCUT2D eigenvalue weighted by Crippen LogP contribution is 2.20. The number of hydrogen-bond donors (Lipinski definition) is 1. The normalized spacial score (nSPS) is 12.6. The Balaban J connectivity index is 2.87. The van der Waals surface area contributed by atoms with Crippen LogP contribution in [-0.4, -0.2) is 11.8 Å². The minimum absolute atomic E-state index is 0.00139. The summed E-state index contributed by atoms with van der Waals surface area (Å²) in [7, 11) is 0. The molecular weight excluding hydrogens is 205 g/mol. The summed E-state index contributed by atoms with van der Waals surface area (Å²) in [5.74, 6) is -0.667. The van der Waals surface area contributed by atoms with Gasteiger partial charge in [-0.15, -0.1) is 0 Å². The summed E-state index contributed by atoms with van der Waals surface area (Å²) in [4.78, 5) is 11.3. The molecule has 14 heavy (non-hydrogen) atoms. The Bertz CT molecular complexity index is 352. The number of nitrogens with two attached hydrogens (primary N) is 1. The third-order valence-corrected chi connectivity index (χ3v) is 2.33. The standard InChI is InChI=1S/C10H11ClFNO/c1-6(13)9(14)5-7-3-2-4-8(12)10(7)11/h2-4,6H,5,13H2,1H3. The third-order valence-electron chi connectivity index (χ3n) is 1.90. The predicted molar refractivity (Wildman–Crippen MR) is 53.8 cm³/mol. The Hall–Kier alpha value is -0.930. The van der Waals surface area contributed by atoms with E-state index >= 15 is 0 Å². The van der Waals surface area contributed by atoms with Crippen molar-refractivity contribution in [2.45, 2.75) is 19.4 Å². The number of rotatable bonds is 3. The highest BCUT2D eigenvalue weighted by atomic mass is 35.5. The molecule has 2 N–H and O–H groups in total. The summed E-state index contributed by atoms with van der Waals surface area (Å²) in [5, 5.41) is 0.00139. The molecular formula is C10H11ClFNO. The van der Waals surface area contributed by atoms with Crippen LogP contribution in [0.3, 0.4) is 0 Å². The van der Waals surface area contributed by atoms with Gasteiger partial charge in [0.1, 0.15) is 5.82 Å². The molecule has 0 saturated carbocycles. The van der Waals surface area contributed by atoms with E-state index in [1.165, 1.54) is 12.1 Å². The molecule has 0 heterocycles. The van der Waals surface area contributed by atoms with Crippen molar-refractivity contribution in [3.8, 4) is 0 Å². The lowest BCUT2D eigenvalue weighted by Gasteiger charge is -2.06. The second-order valence-corrected chi connectivity index (χ2v) is 3.52. The molecule has 0 spiro atoms. The van der Waals surface area contributed by atoms with Crippen LogP contribution in [0, 0.1) is 5.82 Å². The lowest BCUT2D eigenvalue weighted by molar-refractivity contribution is -0.119. The Morgan fingerprint density at radius 3 is 2.86 bits per heavy atom. The van der Waals surface area contributed by atoms with Crippen LogP contribution in [0.5, 0.6) is 0 Å². The highest BCUT2D eigenvalue weighted by molar-refractivity contribution is 6.31. The predicted octanol–water partition coefficient (Wildman–Crippen LogP) is 1.94. The van der Waals surface area contributed by atoms with E-state index in [4.69, 9.17) is 17.3 Å². The molecule has 4 heteroatoms. The molecule has 1 aromatic carbocycles. The molecule has 0 fully saturated rings. The molecule has 0 amide bonds. The van der Waals surface area contributed by atoms with E-state index < -0.39 is 11.9 Å². The van der Waals surface area contributed by atoms with Crippen LogP contribution in [0.15, 0.2) is 18.2 Å². The molecule has 1 unspecified atom stereocenters. The van der Waals surface area contributed by atoms with E-state index in [-0.39, 0.29) is 17.2 Å². The van der Waals surface area contributed by atoms with Gasteiger partial charge in [0.15, 0.2) is 5.78 Å². The molecule has 1 aromatic rings. The van der Waals surface area contributed by atoms with Gasteiger partial charge in [0.25, 0.3) is 0 Å². The van der Waals surface area contributed by atoms with E-state index in [1.54, 1.807) is 13.0 Å². The van der Waals surface area contributed by atoms with E-state index in [0.717, 1.165) is 0 Å². The molecule has 0 aliphatic carbocycles. The van der Waals surface area contributed by atoms with Crippen LogP contribution < -0.4 is 5.73 Å². The van der Waals surface area contributed by atoms with E-state index in [9.17, 15) is 9.18 Å². The number of carbonyl (C=O) groups is 1. The molecule has 0 aliphatic rings. The zero-order chi connectivity index (χ0) is 10.7. The zero-order valence-electron chi connectivity index (χ0n) is 7.76. The minimum Gasteiger partial charge on any atom is -0.322 e. The first-order valence-corrected chi connectivity index (χ1v) is 4.61. The maximum atomic E-state index is 13.0. The molecule has 0 aromatic heterocycles. The number of halogens is 2. The van der Waals surface area contributed by atoms with Crippen molar-refractivity contribution in [1.29, 1.82) is 0 Å². The molecule has 1 atom stereocenters. The molecule has 2 nitrogen and oxygen atoms in total. The summed E-state index contributed by atoms with van der Waals surface area (Å²) in [6, 6.07) is 3.84. The summed E-state index contributed by atoms with van der Waals surface area (Å²) in [5.41, 5.74) is 5.87. The van der Waals surface area contributed by atoms with Crippen molar-refractivity contribution in [2.24, 2.45) is 5.73 Å². The maximum absolute atomic E-state index is 13.0. The fourth-order valence-corrected chi connectivity index (χ4v) is 1.23. The first kappa shape index (κ1) is 11.1. The van der Waals surface area contributed by atoms with Crippen LogP contribution in [0.2, 0.25) is 5.02 Å². The lowest BCUT2D eigenvalue weighted by Crippen LogP contribution is -2.28. The van der Waals surface area contributed by atoms with Crippen molar-refractivity contribution in [3.63, 3.8) is 0 Å². The minimum atomic E-state index is -0.547. The first-order valence-electron chi connectivity index (χ1n) is 4.23. The van der Waals surface area contributed by atoms with Crippen molar-refractivity contribution in [3.05, 3.63) is 34.6 Å². The van der Waals surface area contributed by atoms with Crippen LogP contribution in [-0.2, 0) is 11.2 Å². The number of hydrogen-bond acceptors (Lipinski definition) is 2. The van der Waals surface area contributed by atoms with Gasteiger partial charge >= 0.3 is 0 Å². The summed E-state index contributed by atoms with van der Waals surface area (Å²) < 4.78 is 13.0. The first-order chi connectivity index (χ1) is 6.52. The second-order valence-electron chi connectivity index (χ2n) is 3.14. The van der Waals surface area contributed by atoms with Gasteiger partial charge in [-0.25, -0.2) is 4.39 Å². The van der Waals surface area contributed by atoms with Gasteiger partial charge < -0.3 is 5.73 Å². The molecule has 76 valence electrons. The number of carbonyl (C=O) groups excluding carboxylic acids is 1. The molecule has 0 saturated heterocycles. The summed E-state index contributed by atoms with van der Waals surface area (Å²) >= 11 is 5.67. The zero-order valence-corrected chi connectivity index (χ0v) is 8.51. The fraction of sp³-hybridized carbons (Fsp3) is 0.300. The fourth-order valence-electron chi connectivity index (χ4n) is 1.03. The van der Waals surface area contributed by atoms with Gasteiger partial charge in [0.2, 0.25) is 0 Å². The van der Waals surface area contributed by atoms with Gasteiger partial charge in [-0.1, -0.05) is 23.7 Å². The van der Waals surface area contributed by atoms with Gasteiger partial charge in [-0.3, -0.25) is 4.79 Å². The SMILES string of the molecule is CC(N)C(=O)Cc1cccc(F)c1Cl. The van der Waals surface area contributed by atoms with Gasteiger partial charge in [0, 0.05) is 6.42 Å². The molecule has 0 aliphatic heterocycles. The van der Waals surface area contributed by atoms with Crippen LogP contribution in [0.1, 0.15) is 12.5 Å². The van der Waals surface area contributed by atoms with E-state index in [2.05, 4.69) is 0 Å². The van der Waals surface area contributed by atoms with Gasteiger partial charge in [-0.2, -0.15) is 0 Å². The number of Topliss-reactive ketones (excluding diaryl/α,β-unsaturated/α-hetero) is 1. The smallest absolute Gasteiger partial charge is 0.153 e. The third kappa shape index (κ3) is 2.53.